The van der Waals surface area contributed by atoms with Crippen LogP contribution < -0.4 is 10.9 Å². The van der Waals surface area contributed by atoms with E-state index in [2.05, 4.69) is 5.32 Å². The quantitative estimate of drug-likeness (QED) is 0.670. The van der Waals surface area contributed by atoms with Gasteiger partial charge in [-0.3, -0.25) is 4.79 Å². The second-order valence-corrected chi connectivity index (χ2v) is 7.47. The van der Waals surface area contributed by atoms with Crippen molar-refractivity contribution in [1.82, 2.24) is 5.32 Å². The second-order valence-electron chi connectivity index (χ2n) is 7.47. The summed E-state index contributed by atoms with van der Waals surface area (Å²) in [7, 11) is 0. The molecule has 3 atom stereocenters. The summed E-state index contributed by atoms with van der Waals surface area (Å²) in [5.41, 5.74) is 3.24. The molecular weight excluding hydrogens is 386 g/mol. The molecule has 1 aromatic heterocycles. The zero-order valence-corrected chi connectivity index (χ0v) is 16.5. The maximum Gasteiger partial charge on any atom is 0.340 e. The predicted molar refractivity (Wildman–Crippen MR) is 110 cm³/mol. The van der Waals surface area contributed by atoms with E-state index in [1.165, 1.54) is 0 Å². The van der Waals surface area contributed by atoms with E-state index in [9.17, 15) is 14.7 Å². The summed E-state index contributed by atoms with van der Waals surface area (Å²) in [6, 6.07) is 9.95. The van der Waals surface area contributed by atoms with Crippen LogP contribution >= 0.6 is 0 Å². The molecule has 2 unspecified atom stereocenters. The summed E-state index contributed by atoms with van der Waals surface area (Å²) in [4.78, 5) is 24.7. The Bertz CT molecular complexity index is 1070. The van der Waals surface area contributed by atoms with Gasteiger partial charge < -0.3 is 24.7 Å². The Labute approximate surface area is 173 Å². The predicted octanol–water partition coefficient (Wildman–Crippen LogP) is 1.72. The molecule has 2 aromatic rings. The Kier molecular flexibility index (Phi) is 5.57. The third-order valence-electron chi connectivity index (χ3n) is 5.53. The van der Waals surface area contributed by atoms with E-state index in [-0.39, 0.29) is 30.6 Å². The smallest absolute Gasteiger partial charge is 0.340 e. The number of nitrogens with one attached hydrogen (secondary N) is 1. The molecule has 2 heterocycles. The largest absolute Gasteiger partial charge is 0.492 e. The Morgan fingerprint density at radius 2 is 2.03 bits per heavy atom. The number of carbonyl (C=O) groups excluding carboxylic acids is 1. The van der Waals surface area contributed by atoms with E-state index in [4.69, 9.17) is 14.3 Å². The number of aliphatic hydroxyl groups excluding tert-OH is 2. The van der Waals surface area contributed by atoms with Gasteiger partial charge in [0.1, 0.15) is 11.9 Å². The minimum atomic E-state index is -1.05. The summed E-state index contributed by atoms with van der Waals surface area (Å²) < 4.78 is 11.5. The number of fused-ring (bicyclic) bond motifs is 3. The number of amides is 1. The minimum absolute atomic E-state index is 0.0207. The van der Waals surface area contributed by atoms with Crippen LogP contribution in [0.5, 0.6) is 0 Å². The average molecular weight is 409 g/mol. The van der Waals surface area contributed by atoms with Crippen molar-refractivity contribution in [3.8, 4) is 0 Å². The number of carbonyl (C=O) groups is 1. The molecule has 0 bridgehead atoms. The van der Waals surface area contributed by atoms with Crippen molar-refractivity contribution in [2.45, 2.75) is 25.6 Å². The van der Waals surface area contributed by atoms with E-state index in [0.29, 0.717) is 11.3 Å². The first-order valence-corrected chi connectivity index (χ1v) is 9.80. The van der Waals surface area contributed by atoms with Gasteiger partial charge in [0.25, 0.3) is 0 Å². The summed E-state index contributed by atoms with van der Waals surface area (Å²) in [5.74, 6) is -0.00908. The van der Waals surface area contributed by atoms with Crippen LogP contribution in [0, 0.1) is 12.8 Å². The van der Waals surface area contributed by atoms with Gasteiger partial charge in [-0.1, -0.05) is 36.4 Å². The van der Waals surface area contributed by atoms with Gasteiger partial charge in [0, 0.05) is 23.6 Å². The number of rotatable bonds is 6. The van der Waals surface area contributed by atoms with E-state index >= 15 is 0 Å². The van der Waals surface area contributed by atoms with Crippen molar-refractivity contribution in [3.05, 3.63) is 81.1 Å². The molecule has 1 aromatic carbocycles. The fraction of sp³-hybridized carbons (Fsp3) is 0.304. The third kappa shape index (κ3) is 3.69. The van der Waals surface area contributed by atoms with Crippen molar-refractivity contribution in [1.29, 1.82) is 0 Å². The van der Waals surface area contributed by atoms with Crippen LogP contribution in [-0.4, -0.2) is 35.4 Å². The van der Waals surface area contributed by atoms with Gasteiger partial charge >= 0.3 is 5.63 Å². The normalized spacial score (nSPS) is 20.0. The van der Waals surface area contributed by atoms with Crippen LogP contribution in [0.3, 0.4) is 0 Å². The average Bonchev–Trinajstić information content (AvgIpc) is 3.19. The Morgan fingerprint density at radius 1 is 1.27 bits per heavy atom. The van der Waals surface area contributed by atoms with E-state index < -0.39 is 24.2 Å². The monoisotopic (exact) mass is 409 g/mol. The highest BCUT2D eigenvalue weighted by Gasteiger charge is 2.38. The Hall–Kier alpha value is -3.16. The summed E-state index contributed by atoms with van der Waals surface area (Å²) in [5, 5.41) is 20.8. The highest BCUT2D eigenvalue weighted by atomic mass is 16.5. The molecule has 30 heavy (non-hydrogen) atoms. The summed E-state index contributed by atoms with van der Waals surface area (Å²) in [6.45, 7) is 1.25. The van der Waals surface area contributed by atoms with Gasteiger partial charge in [-0.15, -0.1) is 0 Å². The van der Waals surface area contributed by atoms with E-state index in [1.807, 2.05) is 36.4 Å². The lowest BCUT2D eigenvalue weighted by molar-refractivity contribution is -0.121. The molecular formula is C23H23NO6. The first kappa shape index (κ1) is 20.1. The molecule has 1 amide bonds. The Morgan fingerprint density at radius 3 is 2.77 bits per heavy atom. The van der Waals surface area contributed by atoms with Gasteiger partial charge in [0.2, 0.25) is 5.91 Å². The molecule has 0 saturated carbocycles. The molecule has 0 saturated heterocycles. The highest BCUT2D eigenvalue weighted by molar-refractivity contribution is 5.79. The van der Waals surface area contributed by atoms with Crippen molar-refractivity contribution < 1.29 is 24.2 Å². The van der Waals surface area contributed by atoms with Gasteiger partial charge in [0.15, 0.2) is 0 Å². The van der Waals surface area contributed by atoms with Crippen LogP contribution in [0.25, 0.3) is 11.6 Å². The topological polar surface area (TPSA) is 109 Å². The number of hydrogen-bond acceptors (Lipinski definition) is 6. The number of benzene rings is 1. The number of ether oxygens (including phenoxy) is 1. The van der Waals surface area contributed by atoms with Crippen molar-refractivity contribution in [2.75, 3.05) is 13.2 Å². The lowest BCUT2D eigenvalue weighted by atomic mass is 9.81. The van der Waals surface area contributed by atoms with Crippen LogP contribution in [0.2, 0.25) is 0 Å². The molecule has 4 rings (SSSR count). The van der Waals surface area contributed by atoms with Crippen LogP contribution in [0.1, 0.15) is 34.1 Å². The van der Waals surface area contributed by atoms with Crippen LogP contribution in [0.4, 0.5) is 0 Å². The first-order valence-electron chi connectivity index (χ1n) is 9.80. The SMILES string of the molecule is Cc1c2c(oc(=O)c1CC(=O)NCC(O)CO)C=C[C@@H]1C(c3ccccc3)=COC21. The molecule has 7 nitrogen and oxygen atoms in total. The van der Waals surface area contributed by atoms with Crippen molar-refractivity contribution >= 4 is 17.6 Å². The van der Waals surface area contributed by atoms with Crippen LogP contribution in [-0.2, 0) is 16.0 Å². The Balaban J connectivity index is 1.61. The summed E-state index contributed by atoms with van der Waals surface area (Å²) >= 11 is 0. The fourth-order valence-corrected chi connectivity index (χ4v) is 3.93. The zero-order chi connectivity index (χ0) is 21.3. The maximum absolute atomic E-state index is 12.5. The maximum atomic E-state index is 12.5. The molecule has 1 aliphatic carbocycles. The molecule has 0 spiro atoms. The molecule has 1 aliphatic heterocycles. The van der Waals surface area contributed by atoms with Gasteiger partial charge in [-0.25, -0.2) is 4.79 Å². The molecule has 156 valence electrons. The van der Waals surface area contributed by atoms with Crippen molar-refractivity contribution in [3.63, 3.8) is 0 Å². The number of hydrogen-bond donors (Lipinski definition) is 3. The third-order valence-corrected chi connectivity index (χ3v) is 5.53. The van der Waals surface area contributed by atoms with Crippen LogP contribution in [0.15, 0.2) is 51.9 Å². The molecule has 7 heteroatoms. The molecule has 0 radical (unpaired) electrons. The second kappa shape index (κ2) is 8.30. The van der Waals surface area contributed by atoms with Gasteiger partial charge in [0.05, 0.1) is 31.0 Å². The fourth-order valence-electron chi connectivity index (χ4n) is 3.93. The number of aliphatic hydroxyl groups is 2. The van der Waals surface area contributed by atoms with E-state index in [1.54, 1.807) is 19.3 Å². The molecule has 2 aliphatic rings. The van der Waals surface area contributed by atoms with E-state index in [0.717, 1.165) is 16.7 Å². The standard InChI is InChI=1S/C23H23NO6/c1-13-17(9-20(27)24-10-15(26)11-25)23(28)30-19-8-7-16-18(12-29-22(16)21(13)19)14-5-3-2-4-6-14/h2-8,12,15-16,22,25-26H,9-11H2,1H3,(H,24,27)/t15?,16-,22?/m1/s1. The zero-order valence-electron chi connectivity index (χ0n) is 16.5. The first-order chi connectivity index (χ1) is 14.5. The lowest BCUT2D eigenvalue weighted by Gasteiger charge is -2.26. The van der Waals surface area contributed by atoms with Gasteiger partial charge in [-0.05, 0) is 24.1 Å². The minimum Gasteiger partial charge on any atom is -0.492 e. The van der Waals surface area contributed by atoms with Crippen molar-refractivity contribution in [2.24, 2.45) is 5.92 Å². The lowest BCUT2D eigenvalue weighted by Crippen LogP contribution is -2.36. The molecule has 0 fully saturated rings. The van der Waals surface area contributed by atoms with Gasteiger partial charge in [-0.2, -0.15) is 0 Å². The summed E-state index contributed by atoms with van der Waals surface area (Å²) in [6.07, 6.45) is 3.96. The highest BCUT2D eigenvalue weighted by Crippen LogP contribution is 2.47. The molecule has 3 N–H and O–H groups in total.